The topological polar surface area (TPSA) is 88.7 Å². The predicted octanol–water partition coefficient (Wildman–Crippen LogP) is 4.01. The van der Waals surface area contributed by atoms with Crippen LogP contribution in [0.2, 0.25) is 5.02 Å². The van der Waals surface area contributed by atoms with E-state index in [1.54, 1.807) is 48.5 Å². The maximum absolute atomic E-state index is 12.5. The number of para-hydroxylation sites is 2. The minimum absolute atomic E-state index is 0.0613. The van der Waals surface area contributed by atoms with Gasteiger partial charge in [0.2, 0.25) is 0 Å². The van der Waals surface area contributed by atoms with Crippen molar-refractivity contribution in [2.75, 3.05) is 13.2 Å². The van der Waals surface area contributed by atoms with Crippen LogP contribution in [0.4, 0.5) is 0 Å². The van der Waals surface area contributed by atoms with E-state index in [1.807, 2.05) is 0 Å². The third-order valence-electron chi connectivity index (χ3n) is 4.13. The second kappa shape index (κ2) is 13.5. The molecule has 7 nitrogen and oxygen atoms in total. The van der Waals surface area contributed by atoms with Crippen molar-refractivity contribution < 1.29 is 19.1 Å². The number of unbranched alkanes of at least 4 members (excludes halogenated alkanes) is 3. The molecule has 31 heavy (non-hydrogen) atoms. The molecule has 0 aromatic heterocycles. The van der Waals surface area contributed by atoms with Crippen LogP contribution in [0.15, 0.2) is 48.5 Å². The van der Waals surface area contributed by atoms with E-state index < -0.39 is 11.8 Å². The maximum atomic E-state index is 12.5. The first-order valence-corrected chi connectivity index (χ1v) is 10.8. The lowest BCUT2D eigenvalue weighted by atomic mass is 10.2. The fourth-order valence-electron chi connectivity index (χ4n) is 2.56. The molecule has 0 bridgehead atoms. The van der Waals surface area contributed by atoms with Crippen LogP contribution >= 0.6 is 23.8 Å². The van der Waals surface area contributed by atoms with Gasteiger partial charge in [-0.1, -0.05) is 62.1 Å². The number of halogens is 1. The smallest absolute Gasteiger partial charge is 0.276 e. The molecule has 0 saturated carbocycles. The Morgan fingerprint density at radius 1 is 0.935 bits per heavy atom. The van der Waals surface area contributed by atoms with E-state index in [0.717, 1.165) is 25.7 Å². The number of hydrogen-bond acceptors (Lipinski definition) is 5. The van der Waals surface area contributed by atoms with Crippen LogP contribution in [0.25, 0.3) is 0 Å². The normalized spacial score (nSPS) is 10.1. The summed E-state index contributed by atoms with van der Waals surface area (Å²) >= 11 is 11.0. The number of hydrazine groups is 1. The summed E-state index contributed by atoms with van der Waals surface area (Å²) < 4.78 is 11.1. The van der Waals surface area contributed by atoms with Gasteiger partial charge < -0.3 is 9.47 Å². The van der Waals surface area contributed by atoms with Gasteiger partial charge >= 0.3 is 0 Å². The summed E-state index contributed by atoms with van der Waals surface area (Å²) in [6, 6.07) is 13.7. The molecular weight excluding hydrogens is 438 g/mol. The number of hydrogen-bond donors (Lipinski definition) is 3. The lowest BCUT2D eigenvalue weighted by Crippen LogP contribution is -2.49. The third kappa shape index (κ3) is 8.82. The predicted molar refractivity (Wildman–Crippen MR) is 124 cm³/mol. The molecule has 0 fully saturated rings. The molecule has 0 aliphatic heterocycles. The highest BCUT2D eigenvalue weighted by atomic mass is 35.5. The molecular formula is C22H26ClN3O4S. The number of amides is 2. The Hall–Kier alpha value is -2.84. The van der Waals surface area contributed by atoms with Crippen LogP contribution in [0.5, 0.6) is 11.5 Å². The van der Waals surface area contributed by atoms with E-state index in [1.165, 1.54) is 0 Å². The van der Waals surface area contributed by atoms with Crippen molar-refractivity contribution >= 4 is 40.7 Å². The molecule has 0 heterocycles. The van der Waals surface area contributed by atoms with Crippen molar-refractivity contribution in [1.82, 2.24) is 16.2 Å². The number of nitrogens with one attached hydrogen (secondary N) is 3. The van der Waals surface area contributed by atoms with Gasteiger partial charge in [0.05, 0.1) is 17.2 Å². The van der Waals surface area contributed by atoms with Gasteiger partial charge in [-0.25, -0.2) is 0 Å². The van der Waals surface area contributed by atoms with E-state index in [2.05, 4.69) is 23.1 Å². The molecule has 0 aliphatic carbocycles. The van der Waals surface area contributed by atoms with Crippen LogP contribution in [0, 0.1) is 0 Å². The molecule has 0 spiro atoms. The molecule has 0 aliphatic rings. The van der Waals surface area contributed by atoms with Crippen molar-refractivity contribution in [3.8, 4) is 11.5 Å². The Bertz CT molecular complexity index is 895. The molecule has 2 amide bonds. The number of carbonyl (C=O) groups excluding carboxylic acids is 2. The van der Waals surface area contributed by atoms with E-state index in [9.17, 15) is 9.59 Å². The summed E-state index contributed by atoms with van der Waals surface area (Å²) in [4.78, 5) is 24.4. The SMILES string of the molecule is CCCCCCOc1ccccc1C(=O)NC(=S)NNC(=O)COc1ccccc1Cl. The third-order valence-corrected chi connectivity index (χ3v) is 4.64. The highest BCUT2D eigenvalue weighted by Crippen LogP contribution is 2.22. The fraction of sp³-hybridized carbons (Fsp3) is 0.318. The fourth-order valence-corrected chi connectivity index (χ4v) is 2.89. The zero-order valence-electron chi connectivity index (χ0n) is 17.3. The van der Waals surface area contributed by atoms with Crippen molar-refractivity contribution in [2.45, 2.75) is 32.6 Å². The Morgan fingerprint density at radius 2 is 1.65 bits per heavy atom. The summed E-state index contributed by atoms with van der Waals surface area (Å²) in [7, 11) is 0. The molecule has 9 heteroatoms. The summed E-state index contributed by atoms with van der Waals surface area (Å²) in [5, 5.41) is 2.85. The van der Waals surface area contributed by atoms with E-state index >= 15 is 0 Å². The molecule has 2 aromatic carbocycles. The van der Waals surface area contributed by atoms with Crippen molar-refractivity contribution in [1.29, 1.82) is 0 Å². The summed E-state index contributed by atoms with van der Waals surface area (Å²) in [6.07, 6.45) is 4.30. The first kappa shape index (κ1) is 24.4. The van der Waals surface area contributed by atoms with Gasteiger partial charge in [0.15, 0.2) is 11.7 Å². The number of benzene rings is 2. The maximum Gasteiger partial charge on any atom is 0.276 e. The van der Waals surface area contributed by atoms with Gasteiger partial charge in [0.1, 0.15) is 11.5 Å². The Balaban J connectivity index is 1.77. The van der Waals surface area contributed by atoms with Crippen LogP contribution in [0.3, 0.4) is 0 Å². The molecule has 2 aromatic rings. The minimum Gasteiger partial charge on any atom is -0.493 e. The summed E-state index contributed by atoms with van der Waals surface area (Å²) in [6.45, 7) is 2.41. The summed E-state index contributed by atoms with van der Waals surface area (Å²) in [5.74, 6) is -0.0615. The molecule has 0 radical (unpaired) electrons. The Labute approximate surface area is 192 Å². The number of ether oxygens (including phenoxy) is 2. The zero-order valence-corrected chi connectivity index (χ0v) is 18.9. The average molecular weight is 464 g/mol. The average Bonchev–Trinajstić information content (AvgIpc) is 2.77. The summed E-state index contributed by atoms with van der Waals surface area (Å²) in [5.41, 5.74) is 5.18. The standard InChI is InChI=1S/C22H26ClN3O4S/c1-2-3-4-9-14-29-18-12-7-5-10-16(18)21(28)24-22(31)26-25-20(27)15-30-19-13-8-6-11-17(19)23/h5-8,10-13H,2-4,9,14-15H2,1H3,(H,25,27)(H2,24,26,28,31). The van der Waals surface area contributed by atoms with E-state index in [0.29, 0.717) is 28.7 Å². The van der Waals surface area contributed by atoms with Gasteiger partial charge in [0.25, 0.3) is 11.8 Å². The van der Waals surface area contributed by atoms with E-state index in [-0.39, 0.29) is 11.7 Å². The number of rotatable bonds is 10. The lowest BCUT2D eigenvalue weighted by molar-refractivity contribution is -0.123. The monoisotopic (exact) mass is 463 g/mol. The molecule has 0 saturated heterocycles. The van der Waals surface area contributed by atoms with Crippen molar-refractivity contribution in [3.05, 3.63) is 59.1 Å². The van der Waals surface area contributed by atoms with Gasteiger partial charge in [-0.15, -0.1) is 0 Å². The van der Waals surface area contributed by atoms with Gasteiger partial charge in [-0.3, -0.25) is 25.8 Å². The Kier molecular flexibility index (Phi) is 10.6. The number of thiocarbonyl (C=S) groups is 1. The molecule has 166 valence electrons. The van der Waals surface area contributed by atoms with Crippen LogP contribution in [0.1, 0.15) is 43.0 Å². The highest BCUT2D eigenvalue weighted by molar-refractivity contribution is 7.80. The second-order valence-corrected chi connectivity index (χ2v) is 7.40. The zero-order chi connectivity index (χ0) is 22.5. The first-order chi connectivity index (χ1) is 15.0. The molecule has 2 rings (SSSR count). The van der Waals surface area contributed by atoms with E-state index in [4.69, 9.17) is 33.3 Å². The van der Waals surface area contributed by atoms with Crippen LogP contribution in [-0.4, -0.2) is 30.1 Å². The van der Waals surface area contributed by atoms with Gasteiger partial charge in [-0.2, -0.15) is 0 Å². The van der Waals surface area contributed by atoms with Crippen molar-refractivity contribution in [2.24, 2.45) is 0 Å². The molecule has 0 atom stereocenters. The number of carbonyl (C=O) groups is 2. The van der Waals surface area contributed by atoms with Crippen LogP contribution < -0.4 is 25.6 Å². The Morgan fingerprint density at radius 3 is 2.39 bits per heavy atom. The quantitative estimate of drug-likeness (QED) is 0.280. The lowest BCUT2D eigenvalue weighted by Gasteiger charge is -2.14. The second-order valence-electron chi connectivity index (χ2n) is 6.58. The van der Waals surface area contributed by atoms with Crippen molar-refractivity contribution in [3.63, 3.8) is 0 Å². The molecule has 0 unspecified atom stereocenters. The largest absolute Gasteiger partial charge is 0.493 e. The van der Waals surface area contributed by atoms with Crippen LogP contribution in [-0.2, 0) is 4.79 Å². The highest BCUT2D eigenvalue weighted by Gasteiger charge is 2.14. The van der Waals surface area contributed by atoms with Gasteiger partial charge in [-0.05, 0) is 42.9 Å². The molecule has 3 N–H and O–H groups in total. The first-order valence-electron chi connectivity index (χ1n) is 10.0. The minimum atomic E-state index is -0.493. The van der Waals surface area contributed by atoms with Gasteiger partial charge in [0, 0.05) is 0 Å².